The monoisotopic (exact) mass is 246 g/mol. The Bertz CT molecular complexity index is 636. The summed E-state index contributed by atoms with van der Waals surface area (Å²) in [6.07, 6.45) is 4.72. The van der Waals surface area contributed by atoms with Crippen molar-refractivity contribution in [1.29, 1.82) is 0 Å². The molecule has 0 aliphatic heterocycles. The Hall–Kier alpha value is -2.13. The van der Waals surface area contributed by atoms with Crippen LogP contribution in [0.1, 0.15) is 5.56 Å². The summed E-state index contributed by atoms with van der Waals surface area (Å²) in [5, 5.41) is 4.12. The van der Waals surface area contributed by atoms with Crippen LogP contribution in [0.4, 0.5) is 0 Å². The number of ether oxygens (including phenoxy) is 1. The Morgan fingerprint density at radius 3 is 3.18 bits per heavy atom. The van der Waals surface area contributed by atoms with E-state index < -0.39 is 0 Å². The van der Waals surface area contributed by atoms with Gasteiger partial charge in [-0.3, -0.25) is 0 Å². The first kappa shape index (κ1) is 11.4. The second-order valence-corrected chi connectivity index (χ2v) is 3.58. The number of nitrogens with two attached hydrogens (primary N) is 1. The predicted octanol–water partition coefficient (Wildman–Crippen LogP) is 0.819. The average Bonchev–Trinajstić information content (AvgIpc) is 2.78. The van der Waals surface area contributed by atoms with Crippen LogP contribution in [-0.2, 0) is 0 Å². The summed E-state index contributed by atoms with van der Waals surface area (Å²) in [4.78, 5) is 4.75. The van der Waals surface area contributed by atoms with Crippen molar-refractivity contribution in [3.63, 3.8) is 0 Å². The Kier molecular flexibility index (Phi) is 3.21. The highest BCUT2D eigenvalue weighted by molar-refractivity contribution is 7.84. The van der Waals surface area contributed by atoms with Gasteiger partial charge in [-0.15, -0.1) is 12.6 Å². The molecule has 2 rings (SSSR count). The second kappa shape index (κ2) is 4.80. The molecule has 86 valence electrons. The van der Waals surface area contributed by atoms with Crippen molar-refractivity contribution >= 4 is 18.3 Å². The SMILES string of the molecule is COc1ccn2ncc(C#CC(S)=CN)c2n1. The first-order valence-corrected chi connectivity index (χ1v) is 5.20. The highest BCUT2D eigenvalue weighted by Crippen LogP contribution is 2.11. The fourth-order valence-electron chi connectivity index (χ4n) is 1.23. The van der Waals surface area contributed by atoms with Gasteiger partial charge in [0.25, 0.3) is 0 Å². The molecule has 0 radical (unpaired) electrons. The molecular weight excluding hydrogens is 236 g/mol. The molecule has 2 N–H and O–H groups in total. The van der Waals surface area contributed by atoms with Crippen molar-refractivity contribution in [1.82, 2.24) is 14.6 Å². The standard InChI is InChI=1S/C11H10N4OS/c1-16-10-4-5-15-11(14-10)8(7-13-15)2-3-9(17)6-12/h4-7,17H,12H2,1H3. The lowest BCUT2D eigenvalue weighted by atomic mass is 10.3. The highest BCUT2D eigenvalue weighted by atomic mass is 32.1. The van der Waals surface area contributed by atoms with Crippen molar-refractivity contribution in [2.75, 3.05) is 7.11 Å². The van der Waals surface area contributed by atoms with E-state index >= 15 is 0 Å². The molecule has 0 atom stereocenters. The predicted molar refractivity (Wildman–Crippen MR) is 67.7 cm³/mol. The Morgan fingerprint density at radius 2 is 2.47 bits per heavy atom. The van der Waals surface area contributed by atoms with Crippen molar-refractivity contribution in [3.8, 4) is 17.7 Å². The van der Waals surface area contributed by atoms with Gasteiger partial charge in [0.2, 0.25) is 5.88 Å². The Labute approximate surface area is 104 Å². The van der Waals surface area contributed by atoms with Crippen LogP contribution in [0.5, 0.6) is 5.88 Å². The molecule has 0 unspecified atom stereocenters. The summed E-state index contributed by atoms with van der Waals surface area (Å²) in [6.45, 7) is 0. The molecule has 0 saturated carbocycles. The van der Waals surface area contributed by atoms with Crippen molar-refractivity contribution in [2.24, 2.45) is 5.73 Å². The average molecular weight is 246 g/mol. The molecule has 2 aromatic heterocycles. The minimum atomic E-state index is 0.493. The molecular formula is C11H10N4OS. The fourth-order valence-corrected chi connectivity index (χ4v) is 1.28. The third kappa shape index (κ3) is 2.34. The summed E-state index contributed by atoms with van der Waals surface area (Å²) in [6, 6.07) is 1.72. The van der Waals surface area contributed by atoms with E-state index in [9.17, 15) is 0 Å². The van der Waals surface area contributed by atoms with Crippen LogP contribution in [0.15, 0.2) is 29.6 Å². The van der Waals surface area contributed by atoms with E-state index in [0.29, 0.717) is 22.0 Å². The zero-order valence-electron chi connectivity index (χ0n) is 9.08. The van der Waals surface area contributed by atoms with Crippen LogP contribution in [-0.4, -0.2) is 21.7 Å². The molecule has 0 bridgehead atoms. The maximum Gasteiger partial charge on any atom is 0.216 e. The van der Waals surface area contributed by atoms with Gasteiger partial charge >= 0.3 is 0 Å². The van der Waals surface area contributed by atoms with Crippen LogP contribution in [0, 0.1) is 11.8 Å². The lowest BCUT2D eigenvalue weighted by Gasteiger charge is -1.98. The summed E-state index contributed by atoms with van der Waals surface area (Å²) in [5.41, 5.74) is 6.60. The number of methoxy groups -OCH3 is 1. The van der Waals surface area contributed by atoms with E-state index in [2.05, 4.69) is 34.6 Å². The third-order valence-corrected chi connectivity index (χ3v) is 2.30. The van der Waals surface area contributed by atoms with Gasteiger partial charge in [0.15, 0.2) is 5.65 Å². The molecule has 0 aliphatic carbocycles. The zero-order valence-corrected chi connectivity index (χ0v) is 9.98. The van der Waals surface area contributed by atoms with Gasteiger partial charge in [-0.1, -0.05) is 11.8 Å². The number of rotatable bonds is 1. The van der Waals surface area contributed by atoms with E-state index in [4.69, 9.17) is 10.5 Å². The van der Waals surface area contributed by atoms with E-state index in [1.807, 2.05) is 0 Å². The number of allylic oxidation sites excluding steroid dienone is 1. The number of aromatic nitrogens is 3. The Morgan fingerprint density at radius 1 is 1.65 bits per heavy atom. The summed E-state index contributed by atoms with van der Waals surface area (Å²) in [7, 11) is 1.56. The van der Waals surface area contributed by atoms with Crippen LogP contribution in [0.2, 0.25) is 0 Å². The molecule has 2 heterocycles. The topological polar surface area (TPSA) is 65.4 Å². The number of nitrogens with zero attached hydrogens (tertiary/aromatic N) is 3. The van der Waals surface area contributed by atoms with Gasteiger partial charge in [-0.2, -0.15) is 10.1 Å². The number of hydrogen-bond donors (Lipinski definition) is 2. The molecule has 0 amide bonds. The van der Waals surface area contributed by atoms with Gasteiger partial charge in [0, 0.05) is 18.5 Å². The highest BCUT2D eigenvalue weighted by Gasteiger charge is 2.04. The molecule has 6 heteroatoms. The Balaban J connectivity index is 2.50. The molecule has 0 spiro atoms. The fraction of sp³-hybridized carbons (Fsp3) is 0.0909. The van der Waals surface area contributed by atoms with E-state index in [-0.39, 0.29) is 0 Å². The minimum Gasteiger partial charge on any atom is -0.481 e. The van der Waals surface area contributed by atoms with Gasteiger partial charge in [-0.25, -0.2) is 4.52 Å². The zero-order chi connectivity index (χ0) is 12.3. The van der Waals surface area contributed by atoms with Crippen molar-refractivity contribution in [2.45, 2.75) is 0 Å². The molecule has 0 fully saturated rings. The number of hydrogen-bond acceptors (Lipinski definition) is 5. The molecule has 5 nitrogen and oxygen atoms in total. The molecule has 0 aliphatic rings. The molecule has 17 heavy (non-hydrogen) atoms. The maximum absolute atomic E-state index is 5.27. The smallest absolute Gasteiger partial charge is 0.216 e. The molecule has 2 aromatic rings. The normalized spacial score (nSPS) is 11.1. The lowest BCUT2D eigenvalue weighted by molar-refractivity contribution is 0.398. The van der Waals surface area contributed by atoms with Crippen LogP contribution in [0.25, 0.3) is 5.65 Å². The summed E-state index contributed by atoms with van der Waals surface area (Å²) in [5.74, 6) is 6.19. The number of fused-ring (bicyclic) bond motifs is 1. The summed E-state index contributed by atoms with van der Waals surface area (Å²) < 4.78 is 6.67. The molecule has 0 saturated heterocycles. The minimum absolute atomic E-state index is 0.493. The largest absolute Gasteiger partial charge is 0.481 e. The van der Waals surface area contributed by atoms with Gasteiger partial charge < -0.3 is 10.5 Å². The first-order valence-electron chi connectivity index (χ1n) is 4.76. The van der Waals surface area contributed by atoms with Gasteiger partial charge in [-0.05, 0) is 0 Å². The number of thiol groups is 1. The third-order valence-electron chi connectivity index (χ3n) is 2.04. The van der Waals surface area contributed by atoms with E-state index in [0.717, 1.165) is 0 Å². The van der Waals surface area contributed by atoms with Crippen molar-refractivity contribution in [3.05, 3.63) is 35.1 Å². The maximum atomic E-state index is 5.27. The van der Waals surface area contributed by atoms with Crippen LogP contribution < -0.4 is 10.5 Å². The quantitative estimate of drug-likeness (QED) is 0.577. The summed E-state index contributed by atoms with van der Waals surface area (Å²) >= 11 is 4.06. The molecule has 0 aromatic carbocycles. The second-order valence-electron chi connectivity index (χ2n) is 3.10. The van der Waals surface area contributed by atoms with E-state index in [1.54, 1.807) is 30.1 Å². The lowest BCUT2D eigenvalue weighted by Crippen LogP contribution is -1.93. The van der Waals surface area contributed by atoms with Crippen molar-refractivity contribution < 1.29 is 4.74 Å². The van der Waals surface area contributed by atoms with E-state index in [1.165, 1.54) is 6.20 Å². The van der Waals surface area contributed by atoms with Crippen LogP contribution >= 0.6 is 12.6 Å². The van der Waals surface area contributed by atoms with Gasteiger partial charge in [0.1, 0.15) is 0 Å². The first-order chi connectivity index (χ1) is 8.24. The van der Waals surface area contributed by atoms with Gasteiger partial charge in [0.05, 0.1) is 23.8 Å². The van der Waals surface area contributed by atoms with Crippen LogP contribution in [0.3, 0.4) is 0 Å².